The van der Waals surface area contributed by atoms with Gasteiger partial charge in [0, 0.05) is 33.7 Å². The summed E-state index contributed by atoms with van der Waals surface area (Å²) in [5.74, 6) is -0.170. The fraction of sp³-hybridized carbons (Fsp3) is 0.118. The van der Waals surface area contributed by atoms with Crippen molar-refractivity contribution in [3.63, 3.8) is 0 Å². The molecule has 0 atom stereocenters. The van der Waals surface area contributed by atoms with Gasteiger partial charge in [0.1, 0.15) is 0 Å². The third-order valence-electron chi connectivity index (χ3n) is 3.33. The zero-order chi connectivity index (χ0) is 16.2. The Morgan fingerprint density at radius 3 is 2.57 bits per heavy atom. The van der Waals surface area contributed by atoms with Gasteiger partial charge in [0.2, 0.25) is 0 Å². The fourth-order valence-corrected chi connectivity index (χ4v) is 3.36. The lowest BCUT2D eigenvalue weighted by molar-refractivity contribution is 0.102. The van der Waals surface area contributed by atoms with Crippen molar-refractivity contribution in [1.29, 1.82) is 0 Å². The number of hydrogen-bond acceptors (Lipinski definition) is 4. The van der Waals surface area contributed by atoms with Crippen LogP contribution in [0.25, 0.3) is 0 Å². The van der Waals surface area contributed by atoms with Gasteiger partial charge in [-0.2, -0.15) is 0 Å². The van der Waals surface area contributed by atoms with Crippen molar-refractivity contribution in [2.45, 2.75) is 13.3 Å². The molecule has 1 amide bonds. The summed E-state index contributed by atoms with van der Waals surface area (Å²) in [6.07, 6.45) is 4.00. The molecule has 0 saturated heterocycles. The number of halogens is 1. The first kappa shape index (κ1) is 15.8. The lowest BCUT2D eigenvalue weighted by Crippen LogP contribution is -2.11. The third kappa shape index (κ3) is 4.03. The summed E-state index contributed by atoms with van der Waals surface area (Å²) in [7, 11) is 0. The van der Waals surface area contributed by atoms with Crippen molar-refractivity contribution in [3.8, 4) is 0 Å². The maximum atomic E-state index is 12.2. The van der Waals surface area contributed by atoms with E-state index in [2.05, 4.69) is 43.3 Å². The number of nitrogens with zero attached hydrogens (tertiary/aromatic N) is 2. The van der Waals surface area contributed by atoms with Crippen LogP contribution in [-0.4, -0.2) is 15.9 Å². The molecule has 0 aliphatic rings. The first-order chi connectivity index (χ1) is 11.1. The average molecular weight is 388 g/mol. The van der Waals surface area contributed by atoms with Crippen molar-refractivity contribution in [3.05, 3.63) is 75.0 Å². The SMILES string of the molecule is Cc1nc(NC(=O)c2ccncc2)sc1Cc1ccc(Br)cc1. The molecule has 0 unspecified atom stereocenters. The Morgan fingerprint density at radius 1 is 1.17 bits per heavy atom. The molecule has 3 aromatic rings. The number of aromatic nitrogens is 2. The summed E-state index contributed by atoms with van der Waals surface area (Å²) >= 11 is 4.95. The van der Waals surface area contributed by atoms with E-state index in [0.717, 1.165) is 21.5 Å². The van der Waals surface area contributed by atoms with Gasteiger partial charge in [-0.15, -0.1) is 11.3 Å². The molecule has 0 aliphatic carbocycles. The molecule has 3 rings (SSSR count). The largest absolute Gasteiger partial charge is 0.298 e. The summed E-state index contributed by atoms with van der Waals surface area (Å²) in [5.41, 5.74) is 2.73. The zero-order valence-electron chi connectivity index (χ0n) is 12.4. The zero-order valence-corrected chi connectivity index (χ0v) is 14.8. The van der Waals surface area contributed by atoms with Gasteiger partial charge in [-0.05, 0) is 36.8 Å². The summed E-state index contributed by atoms with van der Waals surface area (Å²) in [4.78, 5) is 21.7. The number of carbonyl (C=O) groups excluding carboxylic acids is 1. The van der Waals surface area contributed by atoms with Crippen molar-refractivity contribution < 1.29 is 4.79 Å². The summed E-state index contributed by atoms with van der Waals surface area (Å²) in [5, 5.41) is 3.47. The molecule has 0 bridgehead atoms. The second kappa shape index (κ2) is 7.02. The summed E-state index contributed by atoms with van der Waals surface area (Å²) in [6.45, 7) is 1.97. The average Bonchev–Trinajstić information content (AvgIpc) is 2.90. The number of pyridine rings is 1. The Labute approximate surface area is 146 Å². The highest BCUT2D eigenvalue weighted by Crippen LogP contribution is 2.26. The minimum absolute atomic E-state index is 0.170. The van der Waals surface area contributed by atoms with Crippen molar-refractivity contribution in [2.24, 2.45) is 0 Å². The highest BCUT2D eigenvalue weighted by Gasteiger charge is 2.12. The second-order valence-corrected chi connectivity index (χ2v) is 7.02. The Bertz CT molecular complexity index is 816. The van der Waals surface area contributed by atoms with Gasteiger partial charge < -0.3 is 0 Å². The van der Waals surface area contributed by atoms with Crippen LogP contribution in [0.15, 0.2) is 53.3 Å². The van der Waals surface area contributed by atoms with Crippen LogP contribution in [0.1, 0.15) is 26.5 Å². The van der Waals surface area contributed by atoms with Crippen molar-refractivity contribution in [1.82, 2.24) is 9.97 Å². The molecular formula is C17H14BrN3OS. The van der Waals surface area contributed by atoms with Gasteiger partial charge in [-0.3, -0.25) is 15.1 Å². The predicted octanol–water partition coefficient (Wildman–Crippen LogP) is 4.45. The maximum absolute atomic E-state index is 12.2. The van der Waals surface area contributed by atoms with Crippen LogP contribution in [0.4, 0.5) is 5.13 Å². The van der Waals surface area contributed by atoms with Crippen molar-refractivity contribution in [2.75, 3.05) is 5.32 Å². The molecule has 2 heterocycles. The predicted molar refractivity (Wildman–Crippen MR) is 96.0 cm³/mol. The molecule has 116 valence electrons. The molecule has 0 saturated carbocycles. The highest BCUT2D eigenvalue weighted by molar-refractivity contribution is 9.10. The number of nitrogens with one attached hydrogen (secondary N) is 1. The first-order valence-corrected chi connectivity index (χ1v) is 8.65. The summed E-state index contributed by atoms with van der Waals surface area (Å²) < 4.78 is 1.06. The summed E-state index contributed by atoms with van der Waals surface area (Å²) in [6, 6.07) is 11.6. The Kier molecular flexibility index (Phi) is 4.83. The van der Waals surface area contributed by atoms with Crippen LogP contribution in [0.5, 0.6) is 0 Å². The van der Waals surface area contributed by atoms with E-state index in [4.69, 9.17) is 0 Å². The number of hydrogen-bond donors (Lipinski definition) is 1. The molecule has 0 fully saturated rings. The number of thiazole rings is 1. The molecule has 2 aromatic heterocycles. The lowest BCUT2D eigenvalue weighted by atomic mass is 10.1. The molecule has 0 aliphatic heterocycles. The van der Waals surface area contributed by atoms with Gasteiger partial charge in [0.05, 0.1) is 5.69 Å². The molecule has 0 spiro atoms. The normalized spacial score (nSPS) is 10.5. The third-order valence-corrected chi connectivity index (χ3v) is 4.94. The van der Waals surface area contributed by atoms with E-state index in [9.17, 15) is 4.79 Å². The van der Waals surface area contributed by atoms with Gasteiger partial charge in [0.25, 0.3) is 5.91 Å². The Morgan fingerprint density at radius 2 is 1.87 bits per heavy atom. The van der Waals surface area contributed by atoms with E-state index in [1.807, 2.05) is 19.1 Å². The van der Waals surface area contributed by atoms with Gasteiger partial charge in [-0.25, -0.2) is 4.98 Å². The standard InChI is InChI=1S/C17H14BrN3OS/c1-11-15(10-12-2-4-14(18)5-3-12)23-17(20-11)21-16(22)13-6-8-19-9-7-13/h2-9H,10H2,1H3,(H,20,21,22). The quantitative estimate of drug-likeness (QED) is 0.719. The highest BCUT2D eigenvalue weighted by atomic mass is 79.9. The van der Waals surface area contributed by atoms with Crippen LogP contribution < -0.4 is 5.32 Å². The maximum Gasteiger partial charge on any atom is 0.257 e. The van der Waals surface area contributed by atoms with Crippen LogP contribution >= 0.6 is 27.3 Å². The molecule has 6 heteroatoms. The van der Waals surface area contributed by atoms with Gasteiger partial charge in [-0.1, -0.05) is 28.1 Å². The van der Waals surface area contributed by atoms with Gasteiger partial charge in [0.15, 0.2) is 5.13 Å². The number of anilines is 1. The van der Waals surface area contributed by atoms with Gasteiger partial charge >= 0.3 is 0 Å². The molecule has 4 nitrogen and oxygen atoms in total. The molecule has 1 aromatic carbocycles. The smallest absolute Gasteiger partial charge is 0.257 e. The molecular weight excluding hydrogens is 374 g/mol. The Hall–Kier alpha value is -2.05. The lowest BCUT2D eigenvalue weighted by Gasteiger charge is -2.00. The Balaban J connectivity index is 1.73. The van der Waals surface area contributed by atoms with E-state index >= 15 is 0 Å². The molecule has 1 N–H and O–H groups in total. The molecule has 23 heavy (non-hydrogen) atoms. The number of carbonyl (C=O) groups is 1. The minimum atomic E-state index is -0.170. The minimum Gasteiger partial charge on any atom is -0.298 e. The number of rotatable bonds is 4. The fourth-order valence-electron chi connectivity index (χ4n) is 2.11. The number of benzene rings is 1. The van der Waals surface area contributed by atoms with Crippen LogP contribution in [-0.2, 0) is 6.42 Å². The van der Waals surface area contributed by atoms with Crippen LogP contribution in [0.3, 0.4) is 0 Å². The van der Waals surface area contributed by atoms with Crippen LogP contribution in [0.2, 0.25) is 0 Å². The van der Waals surface area contributed by atoms with Crippen molar-refractivity contribution >= 4 is 38.3 Å². The number of amides is 1. The van der Waals surface area contributed by atoms with E-state index in [1.54, 1.807) is 24.5 Å². The molecule has 0 radical (unpaired) electrons. The monoisotopic (exact) mass is 387 g/mol. The van der Waals surface area contributed by atoms with E-state index in [1.165, 1.54) is 16.9 Å². The first-order valence-electron chi connectivity index (χ1n) is 7.04. The van der Waals surface area contributed by atoms with E-state index in [0.29, 0.717) is 10.7 Å². The number of aryl methyl sites for hydroxylation is 1. The second-order valence-electron chi connectivity index (χ2n) is 5.02. The van der Waals surface area contributed by atoms with E-state index in [-0.39, 0.29) is 5.91 Å². The topological polar surface area (TPSA) is 54.9 Å². The van der Waals surface area contributed by atoms with Crippen LogP contribution in [0, 0.1) is 6.92 Å². The van der Waals surface area contributed by atoms with E-state index < -0.39 is 0 Å².